The van der Waals surface area contributed by atoms with E-state index in [1.807, 2.05) is 27.1 Å². The van der Waals surface area contributed by atoms with Crippen LogP contribution in [0.4, 0.5) is 0 Å². The second kappa shape index (κ2) is 11.1. The predicted octanol–water partition coefficient (Wildman–Crippen LogP) is 1.89. The van der Waals surface area contributed by atoms with Crippen LogP contribution in [0.2, 0.25) is 0 Å². The number of ether oxygens (including phenoxy) is 2. The van der Waals surface area contributed by atoms with Gasteiger partial charge < -0.3 is 30.4 Å². The molecule has 0 spiro atoms. The van der Waals surface area contributed by atoms with Gasteiger partial charge in [0.1, 0.15) is 0 Å². The van der Waals surface area contributed by atoms with E-state index in [4.69, 9.17) is 15.2 Å². The monoisotopic (exact) mass is 469 g/mol. The van der Waals surface area contributed by atoms with Gasteiger partial charge in [0, 0.05) is 31.8 Å². The number of hydrazine groups is 1. The molecule has 1 atom stereocenters. The number of carbonyl (C=O) groups excluding carboxylic acids is 2. The van der Waals surface area contributed by atoms with E-state index in [1.165, 1.54) is 6.20 Å². The van der Waals surface area contributed by atoms with Crippen LogP contribution in [0.5, 0.6) is 11.5 Å². The molecule has 34 heavy (non-hydrogen) atoms. The number of hydrogen-bond acceptors (Lipinski definition) is 8. The number of nitrogens with two attached hydrogens (primary N) is 1. The van der Waals surface area contributed by atoms with E-state index in [2.05, 4.69) is 20.2 Å². The zero-order valence-corrected chi connectivity index (χ0v) is 20.6. The fourth-order valence-electron chi connectivity index (χ4n) is 4.41. The van der Waals surface area contributed by atoms with Gasteiger partial charge in [-0.1, -0.05) is 13.0 Å². The fourth-order valence-corrected chi connectivity index (χ4v) is 4.41. The molecule has 3 N–H and O–H groups in total. The van der Waals surface area contributed by atoms with Gasteiger partial charge in [0.05, 0.1) is 44.7 Å². The van der Waals surface area contributed by atoms with Crippen LogP contribution in [0.1, 0.15) is 30.1 Å². The summed E-state index contributed by atoms with van der Waals surface area (Å²) in [5, 5.41) is 7.29. The Kier molecular flexibility index (Phi) is 8.22. The van der Waals surface area contributed by atoms with E-state index in [0.717, 1.165) is 17.8 Å². The summed E-state index contributed by atoms with van der Waals surface area (Å²) in [4.78, 5) is 28.1. The summed E-state index contributed by atoms with van der Waals surface area (Å²) in [5.74, 6) is 0.949. The van der Waals surface area contributed by atoms with Gasteiger partial charge in [0.15, 0.2) is 17.3 Å². The Morgan fingerprint density at radius 3 is 2.59 bits per heavy atom. The molecule has 0 bridgehead atoms. The normalized spacial score (nSPS) is 19.0. The first-order chi connectivity index (χ1) is 16.3. The number of allylic oxidation sites excluding steroid dienone is 1. The third-order valence-electron chi connectivity index (χ3n) is 6.24. The Labute approximate surface area is 201 Å². The number of nitrogens with zero attached hydrogens (tertiary/aromatic N) is 3. The minimum Gasteiger partial charge on any atom is -0.493 e. The highest BCUT2D eigenvalue weighted by atomic mass is 16.5. The third-order valence-corrected chi connectivity index (χ3v) is 6.24. The van der Waals surface area contributed by atoms with Gasteiger partial charge in [-0.3, -0.25) is 9.59 Å². The molecular formula is C25H35N5O4. The number of carbonyl (C=O) groups is 2. The molecule has 3 rings (SSSR count). The van der Waals surface area contributed by atoms with Crippen molar-refractivity contribution in [1.29, 1.82) is 0 Å². The van der Waals surface area contributed by atoms with Crippen LogP contribution in [0.15, 0.2) is 53.5 Å². The van der Waals surface area contributed by atoms with Gasteiger partial charge in [0.25, 0.3) is 5.91 Å². The highest BCUT2D eigenvalue weighted by Crippen LogP contribution is 2.32. The smallest absolute Gasteiger partial charge is 0.251 e. The van der Waals surface area contributed by atoms with E-state index >= 15 is 0 Å². The van der Waals surface area contributed by atoms with Gasteiger partial charge >= 0.3 is 0 Å². The van der Waals surface area contributed by atoms with E-state index in [-0.39, 0.29) is 24.3 Å². The molecule has 1 amide bonds. The SMILES string of the molecule is CC/C=C(\C=C/N)C(=O)NC1CCN(CC(=O)c2ccc(OC)c(OC)c2)C2=C1N(C)N(C)C2. The second-order valence-electron chi connectivity index (χ2n) is 8.33. The Hall–Kier alpha value is -3.46. The number of nitrogens with one attached hydrogen (secondary N) is 1. The van der Waals surface area contributed by atoms with Crippen LogP contribution in [0.25, 0.3) is 0 Å². The number of benzene rings is 1. The minimum absolute atomic E-state index is 0.00579. The molecule has 2 heterocycles. The lowest BCUT2D eigenvalue weighted by Crippen LogP contribution is -2.47. The zero-order chi connectivity index (χ0) is 24.8. The van der Waals surface area contributed by atoms with Crippen LogP contribution >= 0.6 is 0 Å². The lowest BCUT2D eigenvalue weighted by atomic mass is 10.0. The van der Waals surface area contributed by atoms with Gasteiger partial charge in [-0.25, -0.2) is 5.01 Å². The van der Waals surface area contributed by atoms with Gasteiger partial charge in [0.2, 0.25) is 0 Å². The Balaban J connectivity index is 1.82. The highest BCUT2D eigenvalue weighted by Gasteiger charge is 2.38. The molecule has 9 heteroatoms. The third kappa shape index (κ3) is 5.20. The predicted molar refractivity (Wildman–Crippen MR) is 131 cm³/mol. The standard InChI is InChI=1S/C25H35N5O4/c1-6-7-17(10-12-26)25(32)27-19-11-13-30(20-15-28(2)29(3)24(19)20)16-21(31)18-8-9-22(33-4)23(14-18)34-5/h7-10,12,14,19H,6,11,13,15-16,26H2,1-5H3,(H,27,32)/b12-10-,17-7+. The fraction of sp³-hybridized carbons (Fsp3) is 0.440. The Bertz CT molecular complexity index is 1020. The van der Waals surface area contributed by atoms with Gasteiger partial charge in [-0.15, -0.1) is 0 Å². The molecule has 0 radical (unpaired) electrons. The average Bonchev–Trinajstić information content (AvgIpc) is 3.14. The summed E-state index contributed by atoms with van der Waals surface area (Å²) < 4.78 is 10.6. The van der Waals surface area contributed by atoms with E-state index in [0.29, 0.717) is 42.1 Å². The molecular weight excluding hydrogens is 434 g/mol. The summed E-state index contributed by atoms with van der Waals surface area (Å²) in [6, 6.07) is 5.05. The Morgan fingerprint density at radius 2 is 1.94 bits per heavy atom. The molecule has 0 aliphatic carbocycles. The van der Waals surface area contributed by atoms with Crippen LogP contribution < -0.4 is 20.5 Å². The van der Waals surface area contributed by atoms with Gasteiger partial charge in [-0.2, -0.15) is 0 Å². The molecule has 184 valence electrons. The summed E-state index contributed by atoms with van der Waals surface area (Å²) in [6.07, 6.45) is 6.28. The van der Waals surface area contributed by atoms with Crippen molar-refractivity contribution in [2.75, 3.05) is 47.9 Å². The number of rotatable bonds is 9. The molecule has 0 saturated heterocycles. The number of amides is 1. The second-order valence-corrected chi connectivity index (χ2v) is 8.33. The first-order valence-electron chi connectivity index (χ1n) is 11.4. The van der Waals surface area contributed by atoms with E-state index < -0.39 is 0 Å². The molecule has 1 unspecified atom stereocenters. The lowest BCUT2D eigenvalue weighted by molar-refractivity contribution is -0.118. The number of ketones is 1. The first kappa shape index (κ1) is 25.2. The lowest BCUT2D eigenvalue weighted by Gasteiger charge is -2.36. The van der Waals surface area contributed by atoms with Crippen molar-refractivity contribution in [2.24, 2.45) is 5.73 Å². The van der Waals surface area contributed by atoms with Crippen molar-refractivity contribution in [3.8, 4) is 11.5 Å². The molecule has 2 aliphatic heterocycles. The molecule has 2 aliphatic rings. The first-order valence-corrected chi connectivity index (χ1v) is 11.4. The molecule has 0 aromatic heterocycles. The largest absolute Gasteiger partial charge is 0.493 e. The average molecular weight is 470 g/mol. The quantitative estimate of drug-likeness (QED) is 0.321. The van der Waals surface area contributed by atoms with E-state index in [9.17, 15) is 9.59 Å². The van der Waals surface area contributed by atoms with Crippen LogP contribution in [0.3, 0.4) is 0 Å². The zero-order valence-electron chi connectivity index (χ0n) is 20.6. The molecule has 1 aromatic rings. The number of Topliss-reactive ketones (excluding diaryl/α,β-unsaturated/α-hetero) is 1. The number of methoxy groups -OCH3 is 2. The van der Waals surface area contributed by atoms with Crippen molar-refractivity contribution in [2.45, 2.75) is 25.8 Å². The van der Waals surface area contributed by atoms with Crippen LogP contribution in [-0.2, 0) is 4.79 Å². The van der Waals surface area contributed by atoms with Crippen molar-refractivity contribution < 1.29 is 19.1 Å². The molecule has 0 fully saturated rings. The summed E-state index contributed by atoms with van der Waals surface area (Å²) in [5.41, 5.74) is 8.70. The summed E-state index contributed by atoms with van der Waals surface area (Å²) in [6.45, 7) is 3.54. The summed E-state index contributed by atoms with van der Waals surface area (Å²) >= 11 is 0. The molecule has 0 saturated carbocycles. The highest BCUT2D eigenvalue weighted by molar-refractivity contribution is 5.98. The molecule has 1 aromatic carbocycles. The van der Waals surface area contributed by atoms with Gasteiger partial charge in [-0.05, 0) is 43.3 Å². The maximum Gasteiger partial charge on any atom is 0.251 e. The molecule has 9 nitrogen and oxygen atoms in total. The summed E-state index contributed by atoms with van der Waals surface area (Å²) in [7, 11) is 7.09. The van der Waals surface area contributed by atoms with Crippen molar-refractivity contribution >= 4 is 11.7 Å². The minimum atomic E-state index is -0.156. The maximum absolute atomic E-state index is 13.1. The Morgan fingerprint density at radius 1 is 1.21 bits per heavy atom. The maximum atomic E-state index is 13.1. The van der Waals surface area contributed by atoms with Crippen molar-refractivity contribution in [3.63, 3.8) is 0 Å². The van der Waals surface area contributed by atoms with Crippen LogP contribution in [-0.4, -0.2) is 80.6 Å². The van der Waals surface area contributed by atoms with Crippen molar-refractivity contribution in [3.05, 3.63) is 59.1 Å². The number of hydrogen-bond donors (Lipinski definition) is 2. The van der Waals surface area contributed by atoms with Crippen LogP contribution in [0, 0.1) is 0 Å². The number of likely N-dealkylation sites (N-methyl/N-ethyl adjacent to an activating group) is 2. The van der Waals surface area contributed by atoms with Crippen molar-refractivity contribution in [1.82, 2.24) is 20.2 Å². The topological polar surface area (TPSA) is 100 Å². The van der Waals surface area contributed by atoms with E-state index in [1.54, 1.807) is 38.5 Å².